The Bertz CT molecular complexity index is 202. The van der Waals surface area contributed by atoms with Crippen LogP contribution in [0.4, 0.5) is 0 Å². The normalized spacial score (nSPS) is 9.00. The predicted octanol–water partition coefficient (Wildman–Crippen LogP) is -2.99. The summed E-state index contributed by atoms with van der Waals surface area (Å²) in [6.07, 6.45) is 0. The summed E-state index contributed by atoms with van der Waals surface area (Å²) in [5.41, 5.74) is 0. The van der Waals surface area contributed by atoms with E-state index in [0.717, 1.165) is 0 Å². The van der Waals surface area contributed by atoms with Gasteiger partial charge in [-0.2, -0.15) is 8.42 Å². The zero-order valence-corrected chi connectivity index (χ0v) is 7.25. The van der Waals surface area contributed by atoms with E-state index in [2.05, 4.69) is 0 Å². The maximum Gasteiger partial charge on any atom is 0.316 e. The van der Waals surface area contributed by atoms with Gasteiger partial charge in [0.25, 0.3) is 0 Å². The van der Waals surface area contributed by atoms with Crippen LogP contribution in [-0.2, 0) is 15.0 Å². The van der Waals surface area contributed by atoms with Crippen LogP contribution in [0.1, 0.15) is 0 Å². The molecule has 0 aliphatic heterocycles. The molecule has 0 fully saturated rings. The van der Waals surface area contributed by atoms with E-state index in [1.165, 1.54) is 0 Å². The van der Waals surface area contributed by atoms with Gasteiger partial charge in [0.2, 0.25) is 0 Å². The molecule has 0 spiro atoms. The van der Waals surface area contributed by atoms with Crippen molar-refractivity contribution in [2.75, 3.05) is 0 Å². The summed E-state index contributed by atoms with van der Waals surface area (Å²) in [5.74, 6) is 0. The summed E-state index contributed by atoms with van der Waals surface area (Å²) in [6.45, 7) is 0. The van der Waals surface area contributed by atoms with Gasteiger partial charge in [0, 0.05) is 0 Å². The fourth-order valence-corrected chi connectivity index (χ4v) is 0. The zero-order chi connectivity index (χ0) is 9.00. The predicted molar refractivity (Wildman–Crippen MR) is 52.8 cm³/mol. The van der Waals surface area contributed by atoms with Gasteiger partial charge in [0.15, 0.2) is 0 Å². The Balaban J connectivity index is -0.0000000267. The molecule has 13 heteroatoms. The minimum atomic E-state index is -4.67. The fraction of sp³-hybridized carbons (Fsp3) is 0. The maximum absolute atomic E-state index is 8.88. The van der Waals surface area contributed by atoms with E-state index in [4.69, 9.17) is 36.8 Å². The number of phosphoric acid groups is 1. The summed E-state index contributed by atoms with van der Waals surface area (Å²) in [6, 6.07) is 0. The van der Waals surface area contributed by atoms with Gasteiger partial charge in [-0.05, 0) is 0 Å². The van der Waals surface area contributed by atoms with E-state index in [1.54, 1.807) is 0 Å². The van der Waals surface area contributed by atoms with Crippen molar-refractivity contribution in [2.45, 2.75) is 0 Å². The molecule has 0 aromatic rings. The van der Waals surface area contributed by atoms with E-state index < -0.39 is 18.2 Å². The van der Waals surface area contributed by atoms with Gasteiger partial charge >= 0.3 is 79.0 Å². The first-order valence-electron chi connectivity index (χ1n) is 1.48. The first kappa shape index (κ1) is 29.5. The van der Waals surface area contributed by atoms with E-state index >= 15 is 0 Å². The Labute approximate surface area is 126 Å². The van der Waals surface area contributed by atoms with E-state index in [0.29, 0.717) is 0 Å². The quantitative estimate of drug-likeness (QED) is 0.180. The van der Waals surface area contributed by atoms with Gasteiger partial charge in [0.05, 0.1) is 0 Å². The molecule has 0 atom stereocenters. The molecule has 0 heterocycles. The SMILES string of the molecule is Cl.O=P(O)(O)O.O=S(=O)(O)O.[CaH2].[MgH2]. The molecular formula is H10CaClMgO8PS. The Morgan fingerprint density at radius 1 is 1.00 bits per heavy atom. The van der Waals surface area contributed by atoms with Crippen LogP contribution < -0.4 is 0 Å². The first-order chi connectivity index (χ1) is 4.00. The van der Waals surface area contributed by atoms with Crippen molar-refractivity contribution >= 4 is 91.4 Å². The van der Waals surface area contributed by atoms with Gasteiger partial charge in [-0.1, -0.05) is 0 Å². The van der Waals surface area contributed by atoms with Crippen molar-refractivity contribution in [3.63, 3.8) is 0 Å². The third-order valence-electron chi connectivity index (χ3n) is 0. The molecule has 0 amide bonds. The first-order valence-corrected chi connectivity index (χ1v) is 4.44. The molecule has 0 unspecified atom stereocenters. The van der Waals surface area contributed by atoms with Gasteiger partial charge < -0.3 is 14.7 Å². The van der Waals surface area contributed by atoms with Crippen molar-refractivity contribution in [3.05, 3.63) is 0 Å². The second-order valence-electron chi connectivity index (χ2n) is 0.961. The van der Waals surface area contributed by atoms with Crippen LogP contribution in [-0.4, -0.2) is 93.0 Å². The standard InChI is InChI=1S/Ca.ClH.Mg.H3O4P.H2O4S.4H/c;;;2*1-5(2,3)4;;;;/h;1H;;(H3,1,2,3,4);(H2,1,2,3,4);;;;. The monoisotopic (exact) mass is 300 g/mol. The Kier molecular flexibility index (Phi) is 28.1. The molecule has 80 valence electrons. The van der Waals surface area contributed by atoms with E-state index in [9.17, 15) is 0 Å². The smallest absolute Gasteiger partial charge is 0.316 e. The molecule has 0 aliphatic rings. The molecule has 5 N–H and O–H groups in total. The summed E-state index contributed by atoms with van der Waals surface area (Å²) < 4.78 is 40.5. The van der Waals surface area contributed by atoms with Crippen LogP contribution in [0, 0.1) is 0 Å². The summed E-state index contributed by atoms with van der Waals surface area (Å²) in [4.78, 5) is 21.6. The van der Waals surface area contributed by atoms with Crippen LogP contribution in [0.3, 0.4) is 0 Å². The molecule has 13 heavy (non-hydrogen) atoms. The Hall–Kier alpha value is 2.30. The van der Waals surface area contributed by atoms with Crippen LogP contribution in [0.5, 0.6) is 0 Å². The van der Waals surface area contributed by atoms with Crippen molar-refractivity contribution < 1.29 is 36.8 Å². The van der Waals surface area contributed by atoms with Crippen molar-refractivity contribution in [1.29, 1.82) is 0 Å². The number of rotatable bonds is 0. The third kappa shape index (κ3) is 410. The molecule has 0 aromatic heterocycles. The fourth-order valence-electron chi connectivity index (χ4n) is 0. The summed E-state index contributed by atoms with van der Waals surface area (Å²) in [7, 11) is -9.31. The zero-order valence-electron chi connectivity index (χ0n) is 4.72. The van der Waals surface area contributed by atoms with Crippen LogP contribution in [0.25, 0.3) is 0 Å². The molecule has 8 nitrogen and oxygen atoms in total. The minimum Gasteiger partial charge on any atom is 0.316 e. The molecule has 0 radical (unpaired) electrons. The minimum absolute atomic E-state index is 0. The van der Waals surface area contributed by atoms with Crippen LogP contribution in [0.15, 0.2) is 0 Å². The van der Waals surface area contributed by atoms with E-state index in [1.807, 2.05) is 0 Å². The van der Waals surface area contributed by atoms with Gasteiger partial charge in [-0.25, -0.2) is 4.57 Å². The van der Waals surface area contributed by atoms with E-state index in [-0.39, 0.29) is 73.2 Å². The number of halogens is 1. The third-order valence-corrected chi connectivity index (χ3v) is 0. The van der Waals surface area contributed by atoms with Crippen molar-refractivity contribution in [3.8, 4) is 0 Å². The van der Waals surface area contributed by atoms with Gasteiger partial charge in [0.1, 0.15) is 0 Å². The summed E-state index contributed by atoms with van der Waals surface area (Å²) >= 11 is 0. The molecule has 0 saturated carbocycles. The maximum atomic E-state index is 8.88. The number of hydrogen-bond donors (Lipinski definition) is 5. The molecule has 0 aromatic carbocycles. The van der Waals surface area contributed by atoms with Crippen molar-refractivity contribution in [1.82, 2.24) is 0 Å². The number of hydrogen-bond acceptors (Lipinski definition) is 3. The summed E-state index contributed by atoms with van der Waals surface area (Å²) in [5, 5.41) is 0. The second-order valence-corrected chi connectivity index (χ2v) is 2.88. The largest absolute Gasteiger partial charge is 0.316 e. The second kappa shape index (κ2) is 12.4. The molecule has 0 saturated heterocycles. The average molecular weight is 301 g/mol. The van der Waals surface area contributed by atoms with Crippen molar-refractivity contribution in [2.24, 2.45) is 0 Å². The van der Waals surface area contributed by atoms with Gasteiger partial charge in [-0.3, -0.25) is 9.11 Å². The van der Waals surface area contributed by atoms with Crippen LogP contribution >= 0.6 is 20.2 Å². The Morgan fingerprint density at radius 3 is 1.00 bits per heavy atom. The molecular weight excluding hydrogens is 291 g/mol. The van der Waals surface area contributed by atoms with Crippen LogP contribution in [0.2, 0.25) is 0 Å². The molecule has 0 aliphatic carbocycles. The topological polar surface area (TPSA) is 152 Å². The molecule has 0 rings (SSSR count). The molecule has 0 bridgehead atoms. The van der Waals surface area contributed by atoms with Gasteiger partial charge in [-0.15, -0.1) is 12.4 Å². The average Bonchev–Trinajstić information content (AvgIpc) is 1.12. The Morgan fingerprint density at radius 2 is 1.00 bits per heavy atom.